The lowest BCUT2D eigenvalue weighted by Gasteiger charge is -2.18. The van der Waals surface area contributed by atoms with Crippen LogP contribution in [0.1, 0.15) is 19.3 Å². The molecule has 1 aliphatic rings. The minimum Gasteiger partial charge on any atom is -0.379 e. The molecule has 2 aromatic rings. The zero-order chi connectivity index (χ0) is 13.4. The van der Waals surface area contributed by atoms with E-state index < -0.39 is 4.92 Å². The summed E-state index contributed by atoms with van der Waals surface area (Å²) in [5, 5.41) is 21.5. The maximum Gasteiger partial charge on any atom is 0.300 e. The molecule has 0 saturated heterocycles. The maximum atomic E-state index is 10.9. The van der Waals surface area contributed by atoms with Gasteiger partial charge in [0.05, 0.1) is 10.6 Å². The van der Waals surface area contributed by atoms with Crippen LogP contribution in [0.5, 0.6) is 0 Å². The maximum absolute atomic E-state index is 10.9. The predicted octanol–water partition coefficient (Wildman–Crippen LogP) is 1.42. The number of nitrogens with two attached hydrogens (primary N) is 1. The summed E-state index contributed by atoms with van der Waals surface area (Å²) in [4.78, 5) is 10.4. The van der Waals surface area contributed by atoms with Crippen molar-refractivity contribution in [3.05, 3.63) is 22.2 Å². The number of nitrogens with one attached hydrogen (secondary N) is 1. The number of anilines is 1. The van der Waals surface area contributed by atoms with Gasteiger partial charge in [-0.05, 0) is 35.6 Å². The lowest BCUT2D eigenvalue weighted by atomic mass is 10.1. The van der Waals surface area contributed by atoms with E-state index in [-0.39, 0.29) is 23.3 Å². The fraction of sp³-hybridized carbons (Fsp3) is 0.455. The lowest BCUT2D eigenvalue weighted by Crippen LogP contribution is -2.35. The van der Waals surface area contributed by atoms with Crippen molar-refractivity contribution in [3.63, 3.8) is 0 Å². The number of aromatic nitrogens is 2. The topological polar surface area (TPSA) is 120 Å². The molecule has 3 rings (SSSR count). The predicted molar refractivity (Wildman–Crippen MR) is 67.7 cm³/mol. The van der Waals surface area contributed by atoms with E-state index in [4.69, 9.17) is 5.73 Å². The summed E-state index contributed by atoms with van der Waals surface area (Å²) in [7, 11) is 0. The van der Waals surface area contributed by atoms with Gasteiger partial charge in [0.25, 0.3) is 0 Å². The number of benzene rings is 1. The molecule has 0 amide bonds. The van der Waals surface area contributed by atoms with Gasteiger partial charge in [-0.15, -0.1) is 0 Å². The van der Waals surface area contributed by atoms with E-state index in [2.05, 4.69) is 20.3 Å². The standard InChI is InChI=1S/C11H13N5O3/c12-6-2-1-3-7(6)13-8-4-5-9(16(17)18)11-10(8)14-19-15-11/h4-7,13H,1-3,12H2. The summed E-state index contributed by atoms with van der Waals surface area (Å²) in [6, 6.07) is 3.26. The van der Waals surface area contributed by atoms with E-state index in [1.54, 1.807) is 6.07 Å². The molecule has 2 unspecified atom stereocenters. The number of fused-ring (bicyclic) bond motifs is 1. The van der Waals surface area contributed by atoms with Crippen molar-refractivity contribution in [2.24, 2.45) is 5.73 Å². The molecule has 8 nitrogen and oxygen atoms in total. The highest BCUT2D eigenvalue weighted by Gasteiger charge is 2.26. The number of non-ortho nitro benzene ring substituents is 1. The van der Waals surface area contributed by atoms with E-state index in [9.17, 15) is 10.1 Å². The van der Waals surface area contributed by atoms with Crippen molar-refractivity contribution in [3.8, 4) is 0 Å². The van der Waals surface area contributed by atoms with Crippen LogP contribution in [0.2, 0.25) is 0 Å². The van der Waals surface area contributed by atoms with Crippen LogP contribution in [0.25, 0.3) is 11.0 Å². The Kier molecular flexibility index (Phi) is 2.79. The first-order chi connectivity index (χ1) is 9.16. The molecule has 1 aromatic heterocycles. The smallest absolute Gasteiger partial charge is 0.300 e. The molecule has 1 aromatic carbocycles. The van der Waals surface area contributed by atoms with Crippen LogP contribution in [0.15, 0.2) is 16.8 Å². The molecule has 2 atom stereocenters. The number of nitro groups is 1. The molecule has 1 saturated carbocycles. The fourth-order valence-corrected chi connectivity index (χ4v) is 2.48. The molecule has 19 heavy (non-hydrogen) atoms. The van der Waals surface area contributed by atoms with Crippen molar-refractivity contribution in [2.45, 2.75) is 31.3 Å². The molecule has 0 spiro atoms. The highest BCUT2D eigenvalue weighted by molar-refractivity contribution is 5.93. The molecule has 1 fully saturated rings. The first-order valence-corrected chi connectivity index (χ1v) is 6.08. The summed E-state index contributed by atoms with van der Waals surface area (Å²) in [6.45, 7) is 0. The molecule has 1 aliphatic carbocycles. The van der Waals surface area contributed by atoms with Gasteiger partial charge in [-0.1, -0.05) is 0 Å². The Hall–Kier alpha value is -2.22. The van der Waals surface area contributed by atoms with E-state index in [1.165, 1.54) is 6.07 Å². The van der Waals surface area contributed by atoms with Gasteiger partial charge in [-0.25, -0.2) is 4.63 Å². The molecule has 1 heterocycles. The quantitative estimate of drug-likeness (QED) is 0.634. The Bertz CT molecular complexity index is 626. The Morgan fingerprint density at radius 2 is 2.16 bits per heavy atom. The van der Waals surface area contributed by atoms with Crippen LogP contribution >= 0.6 is 0 Å². The summed E-state index contributed by atoms with van der Waals surface area (Å²) in [5.41, 5.74) is 7.07. The molecule has 0 aliphatic heterocycles. The number of nitro benzene ring substituents is 1. The minimum absolute atomic E-state index is 0.0881. The average Bonchev–Trinajstić information content (AvgIpc) is 2.99. The fourth-order valence-electron chi connectivity index (χ4n) is 2.48. The van der Waals surface area contributed by atoms with Crippen LogP contribution in [0.4, 0.5) is 11.4 Å². The second kappa shape index (κ2) is 4.47. The van der Waals surface area contributed by atoms with Crippen LogP contribution in [-0.4, -0.2) is 27.3 Å². The molecular weight excluding hydrogens is 250 g/mol. The van der Waals surface area contributed by atoms with Crippen LogP contribution in [-0.2, 0) is 0 Å². The van der Waals surface area contributed by atoms with Crippen LogP contribution < -0.4 is 11.1 Å². The molecule has 100 valence electrons. The van der Waals surface area contributed by atoms with E-state index in [0.29, 0.717) is 11.2 Å². The molecule has 0 bridgehead atoms. The highest BCUT2D eigenvalue weighted by Crippen LogP contribution is 2.30. The van der Waals surface area contributed by atoms with Gasteiger partial charge in [0.1, 0.15) is 0 Å². The second-order valence-corrected chi connectivity index (χ2v) is 4.70. The molecule has 3 N–H and O–H groups in total. The summed E-state index contributed by atoms with van der Waals surface area (Å²) >= 11 is 0. The first-order valence-electron chi connectivity index (χ1n) is 6.08. The summed E-state index contributed by atoms with van der Waals surface area (Å²) < 4.78 is 4.61. The number of hydrogen-bond donors (Lipinski definition) is 2. The normalized spacial score (nSPS) is 22.8. The van der Waals surface area contributed by atoms with Crippen molar-refractivity contribution >= 4 is 22.4 Å². The van der Waals surface area contributed by atoms with Crippen molar-refractivity contribution in [1.29, 1.82) is 0 Å². The average molecular weight is 263 g/mol. The zero-order valence-corrected chi connectivity index (χ0v) is 10.1. The summed E-state index contributed by atoms with van der Waals surface area (Å²) in [5.74, 6) is 0. The van der Waals surface area contributed by atoms with Gasteiger partial charge in [0.2, 0.25) is 5.52 Å². The number of rotatable bonds is 3. The summed E-state index contributed by atoms with van der Waals surface area (Å²) in [6.07, 6.45) is 3.03. The number of nitrogens with zero attached hydrogens (tertiary/aromatic N) is 3. The molecular formula is C11H13N5O3. The Balaban J connectivity index is 1.98. The van der Waals surface area contributed by atoms with Crippen molar-refractivity contribution in [1.82, 2.24) is 10.3 Å². The Morgan fingerprint density at radius 3 is 2.84 bits per heavy atom. The zero-order valence-electron chi connectivity index (χ0n) is 10.1. The third kappa shape index (κ3) is 1.99. The first kappa shape index (κ1) is 11.8. The van der Waals surface area contributed by atoms with Crippen molar-refractivity contribution in [2.75, 3.05) is 5.32 Å². The molecule has 8 heteroatoms. The van der Waals surface area contributed by atoms with Crippen LogP contribution in [0.3, 0.4) is 0 Å². The van der Waals surface area contributed by atoms with E-state index >= 15 is 0 Å². The van der Waals surface area contributed by atoms with Gasteiger partial charge in [0, 0.05) is 18.2 Å². The third-order valence-corrected chi connectivity index (χ3v) is 3.50. The number of hydrogen-bond acceptors (Lipinski definition) is 7. The SMILES string of the molecule is NC1CCCC1Nc1ccc([N+](=O)[O-])c2nonc12. The van der Waals surface area contributed by atoms with Gasteiger partial charge in [-0.2, -0.15) is 0 Å². The Morgan fingerprint density at radius 1 is 1.37 bits per heavy atom. The van der Waals surface area contributed by atoms with Gasteiger partial charge >= 0.3 is 5.69 Å². The Labute approximate surface area is 108 Å². The van der Waals surface area contributed by atoms with Gasteiger partial charge < -0.3 is 11.1 Å². The third-order valence-electron chi connectivity index (χ3n) is 3.50. The largest absolute Gasteiger partial charge is 0.379 e. The minimum atomic E-state index is -0.502. The van der Waals surface area contributed by atoms with Crippen molar-refractivity contribution < 1.29 is 9.55 Å². The molecule has 0 radical (unpaired) electrons. The monoisotopic (exact) mass is 263 g/mol. The van der Waals surface area contributed by atoms with E-state index in [0.717, 1.165) is 19.3 Å². The van der Waals surface area contributed by atoms with Gasteiger partial charge in [-0.3, -0.25) is 10.1 Å². The van der Waals surface area contributed by atoms with Gasteiger partial charge in [0.15, 0.2) is 5.52 Å². The van der Waals surface area contributed by atoms with Crippen LogP contribution in [0, 0.1) is 10.1 Å². The second-order valence-electron chi connectivity index (χ2n) is 4.70. The van der Waals surface area contributed by atoms with E-state index in [1.807, 2.05) is 0 Å². The highest BCUT2D eigenvalue weighted by atomic mass is 16.6. The lowest BCUT2D eigenvalue weighted by molar-refractivity contribution is -0.383.